The Kier molecular flexibility index (Phi) is 5.78. The topological polar surface area (TPSA) is 32.3 Å². The van der Waals surface area contributed by atoms with Crippen LogP contribution in [0.2, 0.25) is 5.02 Å². The van der Waals surface area contributed by atoms with Gasteiger partial charge in [-0.15, -0.1) is 0 Å². The average molecular weight is 321 g/mol. The van der Waals surface area contributed by atoms with Crippen LogP contribution in [0.25, 0.3) is 0 Å². The molecule has 0 fully saturated rings. The van der Waals surface area contributed by atoms with Crippen LogP contribution in [0, 0.1) is 5.82 Å². The first-order chi connectivity index (χ1) is 10.6. The number of para-hydroxylation sites is 1. The van der Waals surface area contributed by atoms with Crippen molar-refractivity contribution in [2.24, 2.45) is 0 Å². The van der Waals surface area contributed by atoms with Gasteiger partial charge in [0.2, 0.25) is 5.91 Å². The van der Waals surface area contributed by atoms with Crippen LogP contribution in [0.15, 0.2) is 48.5 Å². The summed E-state index contributed by atoms with van der Waals surface area (Å²) in [5, 5.41) is 3.14. The van der Waals surface area contributed by atoms with E-state index < -0.39 is 5.82 Å². The average Bonchev–Trinajstić information content (AvgIpc) is 2.52. The highest BCUT2D eigenvalue weighted by Crippen LogP contribution is 2.19. The van der Waals surface area contributed by atoms with Crippen molar-refractivity contribution in [3.63, 3.8) is 0 Å². The highest BCUT2D eigenvalue weighted by Gasteiger charge is 2.13. The van der Waals surface area contributed by atoms with E-state index in [4.69, 9.17) is 11.6 Å². The van der Waals surface area contributed by atoms with Crippen molar-refractivity contribution in [2.75, 3.05) is 23.3 Å². The standard InChI is InChI=1S/C17H18ClFN2O/c1-2-21(14-6-4-3-5-7-14)17(22)10-11-20-13-8-9-16(19)15(18)12-13/h3-9,12,20H,2,10-11H2,1H3. The Hall–Kier alpha value is -2.07. The molecule has 0 heterocycles. The second-order valence-corrected chi connectivity index (χ2v) is 5.19. The molecule has 0 atom stereocenters. The summed E-state index contributed by atoms with van der Waals surface area (Å²) in [5.74, 6) is -0.418. The van der Waals surface area contributed by atoms with Gasteiger partial charge in [0.25, 0.3) is 0 Å². The van der Waals surface area contributed by atoms with Gasteiger partial charge in [-0.3, -0.25) is 4.79 Å². The molecule has 3 nitrogen and oxygen atoms in total. The van der Waals surface area contributed by atoms with Crippen LogP contribution in [0.4, 0.5) is 15.8 Å². The highest BCUT2D eigenvalue weighted by atomic mass is 35.5. The van der Waals surface area contributed by atoms with E-state index in [1.165, 1.54) is 12.1 Å². The Morgan fingerprint density at radius 2 is 1.95 bits per heavy atom. The first-order valence-electron chi connectivity index (χ1n) is 7.16. The van der Waals surface area contributed by atoms with Gasteiger partial charge in [-0.2, -0.15) is 0 Å². The van der Waals surface area contributed by atoms with Gasteiger partial charge in [0.1, 0.15) is 5.82 Å². The van der Waals surface area contributed by atoms with Crippen molar-refractivity contribution in [3.05, 3.63) is 59.4 Å². The number of carbonyl (C=O) groups excluding carboxylic acids is 1. The van der Waals surface area contributed by atoms with Gasteiger partial charge in [0.15, 0.2) is 0 Å². The summed E-state index contributed by atoms with van der Waals surface area (Å²) < 4.78 is 13.1. The van der Waals surface area contributed by atoms with Crippen molar-refractivity contribution in [1.82, 2.24) is 0 Å². The quantitative estimate of drug-likeness (QED) is 0.859. The zero-order chi connectivity index (χ0) is 15.9. The largest absolute Gasteiger partial charge is 0.384 e. The van der Waals surface area contributed by atoms with E-state index >= 15 is 0 Å². The van der Waals surface area contributed by atoms with E-state index in [1.807, 2.05) is 37.3 Å². The Balaban J connectivity index is 1.90. The molecule has 5 heteroatoms. The minimum atomic E-state index is -0.454. The van der Waals surface area contributed by atoms with Crippen molar-refractivity contribution in [3.8, 4) is 0 Å². The zero-order valence-corrected chi connectivity index (χ0v) is 13.1. The summed E-state index contributed by atoms with van der Waals surface area (Å²) in [4.78, 5) is 14.0. The number of carbonyl (C=O) groups is 1. The van der Waals surface area contributed by atoms with Crippen molar-refractivity contribution in [1.29, 1.82) is 0 Å². The van der Waals surface area contributed by atoms with Gasteiger partial charge in [0.05, 0.1) is 5.02 Å². The third kappa shape index (κ3) is 4.21. The number of hydrogen-bond donors (Lipinski definition) is 1. The molecule has 0 radical (unpaired) electrons. The molecule has 2 aromatic rings. The van der Waals surface area contributed by atoms with Crippen molar-refractivity contribution >= 4 is 28.9 Å². The van der Waals surface area contributed by atoms with Crippen LogP contribution < -0.4 is 10.2 Å². The molecule has 0 aromatic heterocycles. The van der Waals surface area contributed by atoms with Crippen LogP contribution in [-0.4, -0.2) is 19.0 Å². The lowest BCUT2D eigenvalue weighted by Gasteiger charge is -2.21. The maximum Gasteiger partial charge on any atom is 0.228 e. The Labute approximate surface area is 134 Å². The van der Waals surface area contributed by atoms with E-state index in [9.17, 15) is 9.18 Å². The van der Waals surface area contributed by atoms with Crippen molar-refractivity contribution < 1.29 is 9.18 Å². The van der Waals surface area contributed by atoms with Crippen LogP contribution >= 0.6 is 11.6 Å². The zero-order valence-electron chi connectivity index (χ0n) is 12.4. The second-order valence-electron chi connectivity index (χ2n) is 4.78. The fraction of sp³-hybridized carbons (Fsp3) is 0.235. The van der Waals surface area contributed by atoms with E-state index in [0.717, 1.165) is 5.69 Å². The molecule has 0 aliphatic heterocycles. The summed E-state index contributed by atoms with van der Waals surface area (Å²) >= 11 is 5.72. The first-order valence-corrected chi connectivity index (χ1v) is 7.54. The highest BCUT2D eigenvalue weighted by molar-refractivity contribution is 6.31. The summed E-state index contributed by atoms with van der Waals surface area (Å²) in [6, 6.07) is 14.0. The number of nitrogens with zero attached hydrogens (tertiary/aromatic N) is 1. The maximum absolute atomic E-state index is 13.1. The van der Waals surface area contributed by atoms with E-state index in [0.29, 0.717) is 25.2 Å². The Bertz CT molecular complexity index is 634. The monoisotopic (exact) mass is 320 g/mol. The molecule has 1 N–H and O–H groups in total. The summed E-state index contributed by atoms with van der Waals surface area (Å²) in [7, 11) is 0. The molecular weight excluding hydrogens is 303 g/mol. The number of amides is 1. The number of rotatable bonds is 6. The van der Waals surface area contributed by atoms with Crippen LogP contribution in [0.1, 0.15) is 13.3 Å². The predicted molar refractivity (Wildman–Crippen MR) is 89.0 cm³/mol. The molecular formula is C17H18ClFN2O. The van der Waals surface area contributed by atoms with Crippen LogP contribution in [0.5, 0.6) is 0 Å². The second kappa shape index (κ2) is 7.80. The third-order valence-corrected chi connectivity index (χ3v) is 3.56. The fourth-order valence-electron chi connectivity index (χ4n) is 2.17. The summed E-state index contributed by atoms with van der Waals surface area (Å²) in [5.41, 5.74) is 1.58. The molecule has 0 spiro atoms. The number of hydrogen-bond acceptors (Lipinski definition) is 2. The summed E-state index contributed by atoms with van der Waals surface area (Å²) in [6.45, 7) is 3.02. The van der Waals surface area contributed by atoms with Gasteiger partial charge in [0, 0.05) is 30.9 Å². The molecule has 2 rings (SSSR count). The molecule has 0 saturated carbocycles. The molecule has 116 valence electrons. The minimum Gasteiger partial charge on any atom is -0.384 e. The molecule has 0 aliphatic carbocycles. The Morgan fingerprint density at radius 3 is 2.59 bits per heavy atom. The fourth-order valence-corrected chi connectivity index (χ4v) is 2.35. The smallest absolute Gasteiger partial charge is 0.228 e. The Morgan fingerprint density at radius 1 is 1.23 bits per heavy atom. The molecule has 22 heavy (non-hydrogen) atoms. The molecule has 0 aliphatic rings. The molecule has 0 unspecified atom stereocenters. The van der Waals surface area contributed by atoms with E-state index in [1.54, 1.807) is 11.0 Å². The summed E-state index contributed by atoms with van der Waals surface area (Å²) in [6.07, 6.45) is 0.345. The van der Waals surface area contributed by atoms with E-state index in [-0.39, 0.29) is 10.9 Å². The molecule has 1 amide bonds. The maximum atomic E-state index is 13.1. The van der Waals surface area contributed by atoms with Gasteiger partial charge in [-0.1, -0.05) is 29.8 Å². The van der Waals surface area contributed by atoms with Gasteiger partial charge >= 0.3 is 0 Å². The lowest BCUT2D eigenvalue weighted by atomic mass is 10.2. The lowest BCUT2D eigenvalue weighted by Crippen LogP contribution is -2.31. The SMILES string of the molecule is CCN(C(=O)CCNc1ccc(F)c(Cl)c1)c1ccccc1. The predicted octanol–water partition coefficient (Wildman–Crippen LogP) is 4.33. The normalized spacial score (nSPS) is 10.3. The lowest BCUT2D eigenvalue weighted by molar-refractivity contribution is -0.118. The number of anilines is 2. The van der Waals surface area contributed by atoms with E-state index in [2.05, 4.69) is 5.32 Å². The number of benzene rings is 2. The van der Waals surface area contributed by atoms with Crippen LogP contribution in [-0.2, 0) is 4.79 Å². The first kappa shape index (κ1) is 16.3. The van der Waals surface area contributed by atoms with Gasteiger partial charge < -0.3 is 10.2 Å². The van der Waals surface area contributed by atoms with Crippen molar-refractivity contribution in [2.45, 2.75) is 13.3 Å². The number of nitrogens with one attached hydrogen (secondary N) is 1. The van der Waals surface area contributed by atoms with Crippen LogP contribution in [0.3, 0.4) is 0 Å². The third-order valence-electron chi connectivity index (χ3n) is 3.27. The number of halogens is 2. The van der Waals surface area contributed by atoms with Gasteiger partial charge in [-0.25, -0.2) is 4.39 Å². The molecule has 0 saturated heterocycles. The molecule has 0 bridgehead atoms. The molecule has 2 aromatic carbocycles. The minimum absolute atomic E-state index is 0.0365. The van der Waals surface area contributed by atoms with Gasteiger partial charge in [-0.05, 0) is 37.3 Å².